The quantitative estimate of drug-likeness (QED) is 0.211. The fourth-order valence-electron chi connectivity index (χ4n) is 2.94. The third kappa shape index (κ3) is 6.86. The lowest BCUT2D eigenvalue weighted by atomic mass is 10.1. The van der Waals surface area contributed by atoms with Crippen molar-refractivity contribution in [2.45, 2.75) is 24.3 Å². The summed E-state index contributed by atoms with van der Waals surface area (Å²) in [7, 11) is -3.50. The second-order valence-corrected chi connectivity index (χ2v) is 8.18. The van der Waals surface area contributed by atoms with E-state index in [4.69, 9.17) is 4.74 Å². The Morgan fingerprint density at radius 1 is 1.07 bits per heavy atom. The summed E-state index contributed by atoms with van der Waals surface area (Å²) < 4.78 is 32.9. The topological polar surface area (TPSA) is 91.8 Å². The molecule has 2 aromatic rings. The van der Waals surface area contributed by atoms with Gasteiger partial charge < -0.3 is 15.4 Å². The molecule has 1 unspecified atom stereocenters. The van der Waals surface area contributed by atoms with E-state index >= 15 is 0 Å². The van der Waals surface area contributed by atoms with Crippen LogP contribution in [0.5, 0.6) is 5.75 Å². The van der Waals surface area contributed by atoms with Crippen LogP contribution in [0.2, 0.25) is 0 Å². The summed E-state index contributed by atoms with van der Waals surface area (Å²) in [5, 5.41) is 6.31. The maximum Gasteiger partial charge on any atom is 0.240 e. The average molecular weight is 530 g/mol. The molecule has 0 aromatic heterocycles. The van der Waals surface area contributed by atoms with Crippen molar-refractivity contribution < 1.29 is 13.2 Å². The molecule has 1 heterocycles. The van der Waals surface area contributed by atoms with Crippen molar-refractivity contribution in [3.05, 3.63) is 60.2 Å². The van der Waals surface area contributed by atoms with Gasteiger partial charge in [0.15, 0.2) is 5.96 Å². The standard InChI is InChI=1S/C20H26N4O3S.HI/c1-2-21-20(23-15-17-14-16-8-6-7-11-19(16)27-17)22-12-13-24-28(25,26)18-9-4-3-5-10-18;/h3-11,17,24H,2,12-15H2,1H3,(H2,21,22,23);1H. The van der Waals surface area contributed by atoms with Crippen LogP contribution in [0.4, 0.5) is 0 Å². The molecule has 1 aliphatic heterocycles. The van der Waals surface area contributed by atoms with Crippen molar-refractivity contribution in [2.24, 2.45) is 4.99 Å². The second kappa shape index (κ2) is 11.4. The Kier molecular flexibility index (Phi) is 9.18. The number of para-hydroxylation sites is 1. The molecule has 29 heavy (non-hydrogen) atoms. The van der Waals surface area contributed by atoms with Gasteiger partial charge in [0.2, 0.25) is 10.0 Å². The summed E-state index contributed by atoms with van der Waals surface area (Å²) in [5.74, 6) is 1.57. The van der Waals surface area contributed by atoms with Crippen LogP contribution in [0, 0.1) is 0 Å². The molecule has 0 bridgehead atoms. The summed E-state index contributed by atoms with van der Waals surface area (Å²) in [5.41, 5.74) is 1.20. The minimum absolute atomic E-state index is 0. The molecule has 3 rings (SSSR count). The van der Waals surface area contributed by atoms with Crippen molar-refractivity contribution in [3.8, 4) is 5.75 Å². The molecule has 0 saturated carbocycles. The maximum atomic E-state index is 12.2. The molecule has 0 fully saturated rings. The largest absolute Gasteiger partial charge is 0.488 e. The zero-order valence-electron chi connectivity index (χ0n) is 16.3. The van der Waals surface area contributed by atoms with E-state index in [1.807, 2.05) is 25.1 Å². The highest BCUT2D eigenvalue weighted by atomic mass is 127. The van der Waals surface area contributed by atoms with E-state index in [-0.39, 0.29) is 41.5 Å². The van der Waals surface area contributed by atoms with Gasteiger partial charge in [0, 0.05) is 26.1 Å². The second-order valence-electron chi connectivity index (χ2n) is 6.41. The van der Waals surface area contributed by atoms with Gasteiger partial charge in [0.05, 0.1) is 11.4 Å². The minimum Gasteiger partial charge on any atom is -0.488 e. The molecule has 3 N–H and O–H groups in total. The van der Waals surface area contributed by atoms with E-state index in [0.29, 0.717) is 25.6 Å². The van der Waals surface area contributed by atoms with E-state index in [1.54, 1.807) is 30.3 Å². The smallest absolute Gasteiger partial charge is 0.240 e. The van der Waals surface area contributed by atoms with Gasteiger partial charge in [0.1, 0.15) is 11.9 Å². The van der Waals surface area contributed by atoms with Crippen molar-refractivity contribution in [1.29, 1.82) is 0 Å². The van der Waals surface area contributed by atoms with Gasteiger partial charge in [0.25, 0.3) is 0 Å². The summed E-state index contributed by atoms with van der Waals surface area (Å²) in [6.45, 7) is 3.90. The number of nitrogens with one attached hydrogen (secondary N) is 3. The summed E-state index contributed by atoms with van der Waals surface area (Å²) in [4.78, 5) is 4.82. The Labute approximate surface area is 189 Å². The van der Waals surface area contributed by atoms with E-state index in [1.165, 1.54) is 5.56 Å². The molecule has 7 nitrogen and oxygen atoms in total. The van der Waals surface area contributed by atoms with E-state index in [2.05, 4.69) is 26.4 Å². The Hall–Kier alpha value is -1.85. The molecule has 9 heteroatoms. The third-order valence-electron chi connectivity index (χ3n) is 4.27. The normalized spacial score (nSPS) is 15.8. The first-order valence-corrected chi connectivity index (χ1v) is 10.9. The van der Waals surface area contributed by atoms with Crippen LogP contribution in [0.3, 0.4) is 0 Å². The van der Waals surface area contributed by atoms with Crippen molar-refractivity contribution in [1.82, 2.24) is 15.4 Å². The highest BCUT2D eigenvalue weighted by Crippen LogP contribution is 2.28. The Morgan fingerprint density at radius 3 is 2.52 bits per heavy atom. The first-order chi connectivity index (χ1) is 13.6. The molecule has 0 saturated heterocycles. The monoisotopic (exact) mass is 530 g/mol. The van der Waals surface area contributed by atoms with Crippen molar-refractivity contribution in [2.75, 3.05) is 26.2 Å². The van der Waals surface area contributed by atoms with Crippen LogP contribution < -0.4 is 20.1 Å². The number of sulfonamides is 1. The molecule has 0 radical (unpaired) electrons. The van der Waals surface area contributed by atoms with Gasteiger partial charge in [-0.3, -0.25) is 0 Å². The number of rotatable bonds is 8. The summed E-state index contributed by atoms with van der Waals surface area (Å²) >= 11 is 0. The number of fused-ring (bicyclic) bond motifs is 1. The number of aliphatic imine (C=N–C) groups is 1. The molecule has 0 spiro atoms. The molecular formula is C20H27IN4O3S. The average Bonchev–Trinajstić information content (AvgIpc) is 3.13. The summed E-state index contributed by atoms with van der Waals surface area (Å²) in [6, 6.07) is 16.3. The fourth-order valence-corrected chi connectivity index (χ4v) is 3.99. The number of benzene rings is 2. The highest BCUT2D eigenvalue weighted by molar-refractivity contribution is 14.0. The fraction of sp³-hybridized carbons (Fsp3) is 0.350. The van der Waals surface area contributed by atoms with Crippen LogP contribution in [-0.2, 0) is 16.4 Å². The number of halogens is 1. The first-order valence-electron chi connectivity index (χ1n) is 9.40. The number of hydrogen-bond acceptors (Lipinski definition) is 4. The van der Waals surface area contributed by atoms with Gasteiger partial charge in [-0.1, -0.05) is 36.4 Å². The lowest BCUT2D eigenvalue weighted by Gasteiger charge is -2.13. The SMILES string of the molecule is CCNC(=NCC1Cc2ccccc2O1)NCCNS(=O)(=O)c1ccccc1.I. The van der Waals surface area contributed by atoms with Crippen molar-refractivity contribution in [3.63, 3.8) is 0 Å². The van der Waals surface area contributed by atoms with Crippen LogP contribution >= 0.6 is 24.0 Å². The van der Waals surface area contributed by atoms with Gasteiger partial charge >= 0.3 is 0 Å². The summed E-state index contributed by atoms with van der Waals surface area (Å²) in [6.07, 6.45) is 0.861. The number of ether oxygens (including phenoxy) is 1. The third-order valence-corrected chi connectivity index (χ3v) is 5.75. The van der Waals surface area contributed by atoms with Crippen molar-refractivity contribution >= 4 is 40.0 Å². The first kappa shape index (κ1) is 23.4. The number of guanidine groups is 1. The molecule has 1 aliphatic rings. The number of hydrogen-bond donors (Lipinski definition) is 3. The molecule has 158 valence electrons. The zero-order valence-corrected chi connectivity index (χ0v) is 19.4. The number of nitrogens with zero attached hydrogens (tertiary/aromatic N) is 1. The van der Waals surface area contributed by atoms with Crippen LogP contribution in [-0.4, -0.2) is 46.7 Å². The van der Waals surface area contributed by atoms with E-state index in [0.717, 1.165) is 12.2 Å². The molecule has 0 amide bonds. The maximum absolute atomic E-state index is 12.2. The Balaban J connectivity index is 0.00000300. The predicted octanol–water partition coefficient (Wildman–Crippen LogP) is 2.14. The molecular weight excluding hydrogens is 503 g/mol. The minimum atomic E-state index is -3.50. The lowest BCUT2D eigenvalue weighted by molar-refractivity contribution is 0.241. The predicted molar refractivity (Wildman–Crippen MR) is 126 cm³/mol. The van der Waals surface area contributed by atoms with Crippen LogP contribution in [0.25, 0.3) is 0 Å². The molecule has 0 aliphatic carbocycles. The van der Waals surface area contributed by atoms with Crippen LogP contribution in [0.1, 0.15) is 12.5 Å². The zero-order chi connectivity index (χ0) is 19.8. The van der Waals surface area contributed by atoms with Gasteiger partial charge in [-0.15, -0.1) is 24.0 Å². The lowest BCUT2D eigenvalue weighted by Crippen LogP contribution is -2.42. The van der Waals surface area contributed by atoms with Gasteiger partial charge in [-0.25, -0.2) is 18.1 Å². The Morgan fingerprint density at radius 2 is 1.79 bits per heavy atom. The Bertz CT molecular complexity index is 882. The van der Waals surface area contributed by atoms with Gasteiger partial charge in [-0.05, 0) is 30.7 Å². The van der Waals surface area contributed by atoms with Crippen LogP contribution in [0.15, 0.2) is 64.5 Å². The highest BCUT2D eigenvalue weighted by Gasteiger charge is 2.21. The van der Waals surface area contributed by atoms with E-state index < -0.39 is 10.0 Å². The molecule has 2 aromatic carbocycles. The molecule has 1 atom stereocenters. The van der Waals surface area contributed by atoms with Gasteiger partial charge in [-0.2, -0.15) is 0 Å². The van der Waals surface area contributed by atoms with E-state index in [9.17, 15) is 8.42 Å².